The van der Waals surface area contributed by atoms with Gasteiger partial charge in [0.25, 0.3) is 0 Å². The summed E-state index contributed by atoms with van der Waals surface area (Å²) in [5.74, 6) is 0.563. The molecule has 2 N–H and O–H groups in total. The molecule has 0 aromatic carbocycles. The van der Waals surface area contributed by atoms with E-state index < -0.39 is 0 Å². The predicted molar refractivity (Wildman–Crippen MR) is 88.3 cm³/mol. The van der Waals surface area contributed by atoms with Crippen LogP contribution in [0.5, 0.6) is 0 Å². The summed E-state index contributed by atoms with van der Waals surface area (Å²) < 4.78 is 0. The molecule has 1 aliphatic rings. The number of hydrogen-bond donors (Lipinski definition) is 2. The van der Waals surface area contributed by atoms with Gasteiger partial charge in [-0.05, 0) is 44.2 Å². The first-order valence-electron chi connectivity index (χ1n) is 7.74. The van der Waals surface area contributed by atoms with Gasteiger partial charge < -0.3 is 5.32 Å². The van der Waals surface area contributed by atoms with Crippen molar-refractivity contribution in [2.75, 3.05) is 11.9 Å². The molecular formula is C16H20N4OS. The molecule has 22 heavy (non-hydrogen) atoms. The molecule has 0 aliphatic heterocycles. The van der Waals surface area contributed by atoms with Crippen molar-refractivity contribution >= 4 is 23.2 Å². The van der Waals surface area contributed by atoms with Crippen LogP contribution in [-0.4, -0.2) is 22.5 Å². The van der Waals surface area contributed by atoms with Crippen molar-refractivity contribution in [3.05, 3.63) is 40.0 Å². The van der Waals surface area contributed by atoms with Gasteiger partial charge in [-0.1, -0.05) is 6.07 Å². The lowest BCUT2D eigenvalue weighted by Crippen LogP contribution is -2.30. The van der Waals surface area contributed by atoms with Crippen molar-refractivity contribution in [2.24, 2.45) is 0 Å². The predicted octanol–water partition coefficient (Wildman–Crippen LogP) is 3.17. The SMILES string of the molecule is O=C(NCCCc1nc2c(s1)CCCC2)Nc1ccccn1. The maximum absolute atomic E-state index is 11.7. The number of thiazole rings is 1. The van der Waals surface area contributed by atoms with Gasteiger partial charge in [-0.15, -0.1) is 11.3 Å². The van der Waals surface area contributed by atoms with Gasteiger partial charge in [-0.3, -0.25) is 5.32 Å². The van der Waals surface area contributed by atoms with E-state index in [1.165, 1.54) is 34.8 Å². The van der Waals surface area contributed by atoms with Crippen LogP contribution in [0.15, 0.2) is 24.4 Å². The largest absolute Gasteiger partial charge is 0.338 e. The van der Waals surface area contributed by atoms with Crippen molar-refractivity contribution in [2.45, 2.75) is 38.5 Å². The van der Waals surface area contributed by atoms with E-state index in [1.807, 2.05) is 23.5 Å². The van der Waals surface area contributed by atoms with Gasteiger partial charge in [0, 0.05) is 24.0 Å². The number of pyridine rings is 1. The quantitative estimate of drug-likeness (QED) is 0.833. The van der Waals surface area contributed by atoms with Crippen molar-refractivity contribution in [3.8, 4) is 0 Å². The fourth-order valence-corrected chi connectivity index (χ4v) is 3.75. The summed E-state index contributed by atoms with van der Waals surface area (Å²) in [6.45, 7) is 0.642. The Morgan fingerprint density at radius 3 is 3.00 bits per heavy atom. The van der Waals surface area contributed by atoms with Crippen LogP contribution < -0.4 is 10.6 Å². The highest BCUT2D eigenvalue weighted by Gasteiger charge is 2.14. The zero-order valence-electron chi connectivity index (χ0n) is 12.5. The van der Waals surface area contributed by atoms with Crippen LogP contribution in [0.4, 0.5) is 10.6 Å². The number of hydrogen-bond acceptors (Lipinski definition) is 4. The van der Waals surface area contributed by atoms with Gasteiger partial charge in [0.15, 0.2) is 0 Å². The Morgan fingerprint density at radius 1 is 1.27 bits per heavy atom. The number of nitrogens with one attached hydrogen (secondary N) is 2. The monoisotopic (exact) mass is 316 g/mol. The summed E-state index contributed by atoms with van der Waals surface area (Å²) in [7, 11) is 0. The molecular weight excluding hydrogens is 296 g/mol. The van der Waals surface area contributed by atoms with Crippen molar-refractivity contribution in [1.82, 2.24) is 15.3 Å². The van der Waals surface area contributed by atoms with E-state index in [4.69, 9.17) is 4.98 Å². The number of amides is 2. The maximum atomic E-state index is 11.7. The summed E-state index contributed by atoms with van der Waals surface area (Å²) in [5, 5.41) is 6.76. The number of rotatable bonds is 5. The van der Waals surface area contributed by atoms with E-state index in [2.05, 4.69) is 15.6 Å². The summed E-state index contributed by atoms with van der Waals surface area (Å²) >= 11 is 1.85. The summed E-state index contributed by atoms with van der Waals surface area (Å²) in [6.07, 6.45) is 8.38. The normalized spacial score (nSPS) is 13.5. The highest BCUT2D eigenvalue weighted by Crippen LogP contribution is 2.27. The Balaban J connectivity index is 1.38. The highest BCUT2D eigenvalue weighted by molar-refractivity contribution is 7.11. The molecule has 116 valence electrons. The minimum atomic E-state index is -0.211. The molecule has 0 bridgehead atoms. The summed E-state index contributed by atoms with van der Waals surface area (Å²) in [5.41, 5.74) is 1.31. The van der Waals surface area contributed by atoms with E-state index in [9.17, 15) is 4.79 Å². The lowest BCUT2D eigenvalue weighted by molar-refractivity contribution is 0.252. The maximum Gasteiger partial charge on any atom is 0.320 e. The minimum Gasteiger partial charge on any atom is -0.338 e. The summed E-state index contributed by atoms with van der Waals surface area (Å²) in [6, 6.07) is 5.21. The number of nitrogens with zero attached hydrogens (tertiary/aromatic N) is 2. The number of anilines is 1. The average molecular weight is 316 g/mol. The molecule has 0 saturated heterocycles. The van der Waals surface area contributed by atoms with Gasteiger partial charge >= 0.3 is 6.03 Å². The van der Waals surface area contributed by atoms with E-state index in [0.29, 0.717) is 12.4 Å². The van der Waals surface area contributed by atoms with Crippen LogP contribution in [0.25, 0.3) is 0 Å². The number of carbonyl (C=O) groups is 1. The minimum absolute atomic E-state index is 0.211. The van der Waals surface area contributed by atoms with Crippen molar-refractivity contribution in [1.29, 1.82) is 0 Å². The van der Waals surface area contributed by atoms with Gasteiger partial charge in [0.05, 0.1) is 10.7 Å². The zero-order valence-corrected chi connectivity index (χ0v) is 13.3. The lowest BCUT2D eigenvalue weighted by Gasteiger charge is -2.06. The van der Waals surface area contributed by atoms with E-state index >= 15 is 0 Å². The Labute approximate surface area is 134 Å². The van der Waals surface area contributed by atoms with E-state index in [0.717, 1.165) is 19.3 Å². The lowest BCUT2D eigenvalue weighted by atomic mass is 10.0. The Hall–Kier alpha value is -1.95. The Bertz CT molecular complexity index is 603. The van der Waals surface area contributed by atoms with Gasteiger partial charge in [0.2, 0.25) is 0 Å². The molecule has 2 heterocycles. The van der Waals surface area contributed by atoms with Gasteiger partial charge in [-0.25, -0.2) is 14.8 Å². The molecule has 6 heteroatoms. The van der Waals surface area contributed by atoms with Crippen molar-refractivity contribution < 1.29 is 4.79 Å². The van der Waals surface area contributed by atoms with Crippen LogP contribution in [0.1, 0.15) is 34.8 Å². The topological polar surface area (TPSA) is 66.9 Å². The molecule has 0 unspecified atom stereocenters. The first-order chi connectivity index (χ1) is 10.8. The van der Waals surface area contributed by atoms with Crippen LogP contribution in [0.3, 0.4) is 0 Å². The molecule has 0 fully saturated rings. The number of fused-ring (bicyclic) bond motifs is 1. The van der Waals surface area contributed by atoms with Crippen LogP contribution in [0.2, 0.25) is 0 Å². The molecule has 0 saturated carbocycles. The van der Waals surface area contributed by atoms with Gasteiger partial charge in [0.1, 0.15) is 5.82 Å². The second-order valence-corrected chi connectivity index (χ2v) is 6.55. The standard InChI is InChI=1S/C16H20N4OS/c21-16(20-14-8-3-4-10-17-14)18-11-5-9-15-19-12-6-1-2-7-13(12)22-15/h3-4,8,10H,1-2,5-7,9,11H2,(H2,17,18,20,21). The second kappa shape index (κ2) is 7.35. The third-order valence-electron chi connectivity index (χ3n) is 3.65. The smallest absolute Gasteiger partial charge is 0.320 e. The number of aryl methyl sites for hydroxylation is 3. The second-order valence-electron chi connectivity index (χ2n) is 5.38. The molecule has 0 radical (unpaired) electrons. The number of urea groups is 1. The first kappa shape index (κ1) is 15.0. The fourth-order valence-electron chi connectivity index (χ4n) is 2.55. The Kier molecular flexibility index (Phi) is 5.00. The molecule has 5 nitrogen and oxygen atoms in total. The third-order valence-corrected chi connectivity index (χ3v) is 4.87. The Morgan fingerprint density at radius 2 is 2.18 bits per heavy atom. The van der Waals surface area contributed by atoms with Crippen LogP contribution >= 0.6 is 11.3 Å². The number of carbonyl (C=O) groups excluding carboxylic acids is 1. The van der Waals surface area contributed by atoms with E-state index in [-0.39, 0.29) is 6.03 Å². The molecule has 3 rings (SSSR count). The zero-order chi connectivity index (χ0) is 15.2. The molecule has 2 amide bonds. The molecule has 0 spiro atoms. The fraction of sp³-hybridized carbons (Fsp3) is 0.438. The number of aromatic nitrogens is 2. The molecule has 2 aromatic heterocycles. The van der Waals surface area contributed by atoms with E-state index in [1.54, 1.807) is 12.3 Å². The molecule has 0 atom stereocenters. The third kappa shape index (κ3) is 4.04. The average Bonchev–Trinajstić information content (AvgIpc) is 2.95. The highest BCUT2D eigenvalue weighted by atomic mass is 32.1. The first-order valence-corrected chi connectivity index (χ1v) is 8.56. The van der Waals surface area contributed by atoms with Crippen LogP contribution in [-0.2, 0) is 19.3 Å². The molecule has 1 aliphatic carbocycles. The summed E-state index contributed by atoms with van der Waals surface area (Å²) in [4.78, 5) is 21.9. The van der Waals surface area contributed by atoms with Gasteiger partial charge in [-0.2, -0.15) is 0 Å². The van der Waals surface area contributed by atoms with Crippen molar-refractivity contribution in [3.63, 3.8) is 0 Å². The van der Waals surface area contributed by atoms with Crippen LogP contribution in [0, 0.1) is 0 Å². The molecule has 2 aromatic rings.